The molecule has 7 aromatic carbocycles. The van der Waals surface area contributed by atoms with Crippen molar-refractivity contribution in [1.29, 1.82) is 0 Å². The number of para-hydroxylation sites is 4. The second kappa shape index (κ2) is 13.9. The first kappa shape index (κ1) is 36.3. The van der Waals surface area contributed by atoms with Crippen LogP contribution in [0.1, 0.15) is 0 Å². The van der Waals surface area contributed by atoms with Gasteiger partial charge in [-0.15, -0.1) is 11.3 Å². The molecule has 7 aromatic heterocycles. The molecule has 0 unspecified atom stereocenters. The summed E-state index contributed by atoms with van der Waals surface area (Å²) in [5.74, 6) is 0. The van der Waals surface area contributed by atoms with Crippen LogP contribution in [0.15, 0.2) is 217 Å². The van der Waals surface area contributed by atoms with Gasteiger partial charge in [0, 0.05) is 61.7 Å². The molecule has 6 nitrogen and oxygen atoms in total. The molecular weight excluding hydrogens is 831 g/mol. The summed E-state index contributed by atoms with van der Waals surface area (Å²) in [4.78, 5) is 16.0. The van der Waals surface area contributed by atoms with Gasteiger partial charge in [-0.3, -0.25) is 14.5 Å². The maximum absolute atomic E-state index is 7.42. The predicted octanol–water partition coefficient (Wildman–Crippen LogP) is 11.7. The van der Waals surface area contributed by atoms with Crippen molar-refractivity contribution < 1.29 is 4.42 Å². The summed E-state index contributed by atoms with van der Waals surface area (Å²) in [6.07, 6.45) is 5.85. The first-order valence-corrected chi connectivity index (χ1v) is 24.7. The summed E-state index contributed by atoms with van der Waals surface area (Å²) in [5, 5.41) is 13.5. The number of hydrogen-bond donors (Lipinski definition) is 0. The lowest BCUT2D eigenvalue weighted by molar-refractivity contribution is 0.667. The van der Waals surface area contributed by atoms with Crippen molar-refractivity contribution in [2.24, 2.45) is 0 Å². The van der Waals surface area contributed by atoms with Gasteiger partial charge in [0.2, 0.25) is 8.07 Å². The van der Waals surface area contributed by atoms with Crippen molar-refractivity contribution in [1.82, 2.24) is 24.1 Å². The Bertz CT molecular complexity index is 3830. The van der Waals surface area contributed by atoms with E-state index in [0.29, 0.717) is 0 Å². The van der Waals surface area contributed by atoms with Crippen LogP contribution in [0.25, 0.3) is 97.2 Å². The first-order valence-electron chi connectivity index (χ1n) is 21.8. The minimum absolute atomic E-state index is 0.772. The zero-order valence-corrected chi connectivity index (χ0v) is 36.6. The Balaban J connectivity index is 1.10. The number of rotatable bonds is 6. The molecule has 0 amide bonds. The maximum atomic E-state index is 7.42. The average molecular weight is 866 g/mol. The third-order valence-electron chi connectivity index (χ3n) is 13.4. The van der Waals surface area contributed by atoms with Crippen molar-refractivity contribution in [3.05, 3.63) is 213 Å². The Morgan fingerprint density at radius 3 is 1.55 bits per heavy atom. The summed E-state index contributed by atoms with van der Waals surface area (Å²) in [6, 6.07) is 69.5. The van der Waals surface area contributed by atoms with E-state index in [1.54, 1.807) is 0 Å². The van der Waals surface area contributed by atoms with E-state index < -0.39 is 8.07 Å². The predicted molar refractivity (Wildman–Crippen MR) is 272 cm³/mol. The van der Waals surface area contributed by atoms with Crippen molar-refractivity contribution in [3.8, 4) is 11.4 Å². The lowest BCUT2D eigenvalue weighted by Crippen LogP contribution is -2.76. The fourth-order valence-electron chi connectivity index (χ4n) is 10.7. The van der Waals surface area contributed by atoms with Gasteiger partial charge in [-0.1, -0.05) is 140 Å². The Labute approximate surface area is 376 Å². The standard InChI is InChI=1S/C57H35N5OSSi/c1-3-16-36(17-4-1)65(37-18-5-2-6-19-37,56-52-42(31-34-59-56)41-23-13-29-49(51(41)63-52)62-48-28-12-9-22-40(48)45-25-15-33-58-55(45)62)57-54-44(32-35-60-57)43-24-14-30-50(53(43)64-54)61-46-26-10-7-20-38(46)39-21-8-11-27-47(39)61/h1-35H. The van der Waals surface area contributed by atoms with E-state index >= 15 is 0 Å². The van der Waals surface area contributed by atoms with E-state index in [0.717, 1.165) is 70.6 Å². The van der Waals surface area contributed by atoms with Crippen LogP contribution in [0.4, 0.5) is 0 Å². The van der Waals surface area contributed by atoms with E-state index in [1.165, 1.54) is 47.7 Å². The number of thiophene rings is 1. The summed E-state index contributed by atoms with van der Waals surface area (Å²) in [7, 11) is -3.43. The molecule has 0 atom stereocenters. The minimum atomic E-state index is -3.43. The van der Waals surface area contributed by atoms with Gasteiger partial charge in [0.25, 0.3) is 0 Å². The Morgan fingerprint density at radius 2 is 0.862 bits per heavy atom. The molecule has 0 spiro atoms. The van der Waals surface area contributed by atoms with E-state index in [9.17, 15) is 0 Å². The lowest BCUT2D eigenvalue weighted by Gasteiger charge is -2.32. The van der Waals surface area contributed by atoms with Crippen LogP contribution < -0.4 is 21.0 Å². The number of aromatic nitrogens is 5. The molecule has 0 aliphatic carbocycles. The normalized spacial score (nSPS) is 12.3. The topological polar surface area (TPSA) is 61.7 Å². The third kappa shape index (κ3) is 5.00. The summed E-state index contributed by atoms with van der Waals surface area (Å²) in [6.45, 7) is 0. The maximum Gasteiger partial charge on any atom is 0.230 e. The summed E-state index contributed by atoms with van der Waals surface area (Å²) < 4.78 is 14.5. The van der Waals surface area contributed by atoms with Crippen molar-refractivity contribution in [2.75, 3.05) is 0 Å². The molecule has 0 aliphatic heterocycles. The van der Waals surface area contributed by atoms with E-state index in [-0.39, 0.29) is 0 Å². The van der Waals surface area contributed by atoms with Crippen LogP contribution in [-0.2, 0) is 0 Å². The molecule has 0 fully saturated rings. The van der Waals surface area contributed by atoms with Crippen LogP contribution in [0.5, 0.6) is 0 Å². The third-order valence-corrected chi connectivity index (χ3v) is 19.4. The molecular formula is C57H35N5OSSi. The second-order valence-electron chi connectivity index (χ2n) is 16.7. The molecule has 14 rings (SSSR count). The second-order valence-corrected chi connectivity index (χ2v) is 21.3. The fourth-order valence-corrected chi connectivity index (χ4v) is 17.1. The largest absolute Gasteiger partial charge is 0.452 e. The van der Waals surface area contributed by atoms with Gasteiger partial charge >= 0.3 is 0 Å². The molecule has 0 N–H and O–H groups in total. The zero-order chi connectivity index (χ0) is 42.6. The number of benzene rings is 7. The molecule has 0 aliphatic rings. The smallest absolute Gasteiger partial charge is 0.230 e. The van der Waals surface area contributed by atoms with Crippen LogP contribution in [0, 0.1) is 0 Å². The Hall–Kier alpha value is -8.17. The highest BCUT2D eigenvalue weighted by atomic mass is 32.1. The zero-order valence-electron chi connectivity index (χ0n) is 34.8. The Morgan fingerprint density at radius 1 is 0.354 bits per heavy atom. The first-order chi connectivity index (χ1) is 32.3. The van der Waals surface area contributed by atoms with Gasteiger partial charge in [0.05, 0.1) is 48.0 Å². The number of furan rings is 1. The number of fused-ring (bicyclic) bond motifs is 12. The number of nitrogens with zero attached hydrogens (tertiary/aromatic N) is 5. The fraction of sp³-hybridized carbons (Fsp3) is 0. The highest BCUT2D eigenvalue weighted by molar-refractivity contribution is 7.31. The van der Waals surface area contributed by atoms with Crippen molar-refractivity contribution in [2.45, 2.75) is 0 Å². The SMILES string of the molecule is c1ccc([Si](c2ccccc2)(c2nccc3c2oc2c(-n4c5ccccc5c5cccnc54)cccc23)c2nccc3c2sc2c(-n4c5ccccc5c5ccccc54)cccc23)cc1. The lowest BCUT2D eigenvalue weighted by atomic mass is 10.1. The van der Waals surface area contributed by atoms with Crippen molar-refractivity contribution in [3.63, 3.8) is 0 Å². The molecule has 14 aromatic rings. The van der Waals surface area contributed by atoms with Crippen LogP contribution in [0.2, 0.25) is 0 Å². The molecule has 0 bridgehead atoms. The minimum Gasteiger partial charge on any atom is -0.452 e. The quantitative estimate of drug-likeness (QED) is 0.156. The highest BCUT2D eigenvalue weighted by Crippen LogP contribution is 2.42. The van der Waals surface area contributed by atoms with E-state index in [4.69, 9.17) is 19.4 Å². The van der Waals surface area contributed by atoms with Crippen LogP contribution in [0.3, 0.4) is 0 Å². The molecule has 0 radical (unpaired) electrons. The van der Waals surface area contributed by atoms with Gasteiger partial charge in [0.15, 0.2) is 11.2 Å². The molecule has 0 saturated heterocycles. The van der Waals surface area contributed by atoms with Crippen LogP contribution in [-0.4, -0.2) is 32.2 Å². The van der Waals surface area contributed by atoms with Gasteiger partial charge < -0.3 is 8.98 Å². The van der Waals surface area contributed by atoms with Crippen LogP contribution >= 0.6 is 11.3 Å². The molecule has 7 heterocycles. The monoisotopic (exact) mass is 865 g/mol. The van der Waals surface area contributed by atoms with Gasteiger partial charge in [-0.05, 0) is 65.0 Å². The number of pyridine rings is 3. The summed E-state index contributed by atoms with van der Waals surface area (Å²) >= 11 is 1.84. The molecule has 65 heavy (non-hydrogen) atoms. The molecule has 304 valence electrons. The van der Waals surface area contributed by atoms with E-state index in [1.807, 2.05) is 36.0 Å². The van der Waals surface area contributed by atoms with E-state index in [2.05, 4.69) is 197 Å². The molecule has 0 saturated carbocycles. The number of hydrogen-bond acceptors (Lipinski definition) is 5. The van der Waals surface area contributed by atoms with Gasteiger partial charge in [-0.2, -0.15) is 0 Å². The highest BCUT2D eigenvalue weighted by Gasteiger charge is 2.48. The molecule has 8 heteroatoms. The van der Waals surface area contributed by atoms with Gasteiger partial charge in [-0.25, -0.2) is 4.98 Å². The van der Waals surface area contributed by atoms with Gasteiger partial charge in [0.1, 0.15) is 5.65 Å². The average Bonchev–Trinajstić information content (AvgIpc) is 4.14. The summed E-state index contributed by atoms with van der Waals surface area (Å²) in [5.41, 5.74) is 7.99. The van der Waals surface area contributed by atoms with Crippen molar-refractivity contribution >= 4 is 126 Å². The Kier molecular flexibility index (Phi) is 7.77.